The minimum absolute atomic E-state index is 0.0882. The van der Waals surface area contributed by atoms with Gasteiger partial charge in [0.2, 0.25) is 10.0 Å². The summed E-state index contributed by atoms with van der Waals surface area (Å²) in [6.45, 7) is 7.73. The second-order valence-electron chi connectivity index (χ2n) is 12.0. The number of anilines is 1. The zero-order chi connectivity index (χ0) is 25.2. The molecule has 0 saturated heterocycles. The van der Waals surface area contributed by atoms with Crippen LogP contribution < -0.4 is 9.62 Å². The summed E-state index contributed by atoms with van der Waals surface area (Å²) in [5.41, 5.74) is 3.05. The molecule has 0 bridgehead atoms. The highest BCUT2D eigenvalue weighted by Crippen LogP contribution is 2.62. The molecule has 2 saturated carbocycles. The van der Waals surface area contributed by atoms with E-state index in [1.807, 2.05) is 17.0 Å². The Morgan fingerprint density at radius 1 is 1.03 bits per heavy atom. The van der Waals surface area contributed by atoms with Crippen molar-refractivity contribution >= 4 is 21.6 Å². The van der Waals surface area contributed by atoms with E-state index in [0.29, 0.717) is 17.5 Å². The Bertz CT molecular complexity index is 1260. The van der Waals surface area contributed by atoms with Crippen LogP contribution in [0.5, 0.6) is 0 Å². The Labute approximate surface area is 208 Å². The number of sulfonamides is 1. The lowest BCUT2D eigenvalue weighted by Gasteiger charge is -2.38. The van der Waals surface area contributed by atoms with Crippen molar-refractivity contribution in [2.75, 3.05) is 11.4 Å². The molecule has 1 unspecified atom stereocenters. The van der Waals surface area contributed by atoms with Crippen molar-refractivity contribution in [2.24, 2.45) is 5.41 Å². The van der Waals surface area contributed by atoms with Crippen molar-refractivity contribution in [3.63, 3.8) is 0 Å². The summed E-state index contributed by atoms with van der Waals surface area (Å²) in [7, 11) is -3.75. The summed E-state index contributed by atoms with van der Waals surface area (Å²) in [5, 5.41) is 10.2. The third kappa shape index (κ3) is 4.54. The average Bonchev–Trinajstić information content (AvgIpc) is 3.48. The Balaban J connectivity index is 1.50. The van der Waals surface area contributed by atoms with Crippen LogP contribution in [0, 0.1) is 5.41 Å². The zero-order valence-electron chi connectivity index (χ0n) is 21.1. The molecule has 1 aliphatic heterocycles. The van der Waals surface area contributed by atoms with Crippen molar-refractivity contribution in [3.05, 3.63) is 59.2 Å². The minimum Gasteiger partial charge on any atom is -0.389 e. The predicted molar refractivity (Wildman–Crippen MR) is 137 cm³/mol. The summed E-state index contributed by atoms with van der Waals surface area (Å²) >= 11 is 0. The fraction of sp³-hybridized carbons (Fsp3) is 0.536. The van der Waals surface area contributed by atoms with Crippen molar-refractivity contribution in [1.29, 1.82) is 0 Å². The molecule has 0 radical (unpaired) electrons. The molecule has 2 N–H and O–H groups in total. The van der Waals surface area contributed by atoms with Gasteiger partial charge in [-0.3, -0.25) is 4.79 Å². The molecule has 1 atom stereocenters. The van der Waals surface area contributed by atoms with Crippen LogP contribution in [-0.4, -0.2) is 31.5 Å². The van der Waals surface area contributed by atoms with E-state index in [1.165, 1.54) is 37.8 Å². The molecule has 1 amide bonds. The van der Waals surface area contributed by atoms with Gasteiger partial charge in [-0.1, -0.05) is 18.2 Å². The first-order valence-electron chi connectivity index (χ1n) is 12.6. The van der Waals surface area contributed by atoms with E-state index in [1.54, 1.807) is 39.8 Å². The highest BCUT2D eigenvalue weighted by atomic mass is 32.2. The molecule has 6 nitrogen and oxygen atoms in total. The highest BCUT2D eigenvalue weighted by molar-refractivity contribution is 7.89. The SMILES string of the molecule is CC(O)c1ccc2c(c1)C1(CCC3(CC3)CC1)CN2C(=O)c1cccc(S(=O)(=O)NC(C)(C)C)c1. The van der Waals surface area contributed by atoms with E-state index in [9.17, 15) is 18.3 Å². The maximum atomic E-state index is 13.8. The number of rotatable bonds is 4. The van der Waals surface area contributed by atoms with Gasteiger partial charge in [-0.2, -0.15) is 0 Å². The number of hydrogen-bond donors (Lipinski definition) is 2. The molecule has 5 rings (SSSR count). The van der Waals surface area contributed by atoms with Gasteiger partial charge in [-0.25, -0.2) is 13.1 Å². The number of carbonyl (C=O) groups is 1. The third-order valence-electron chi connectivity index (χ3n) is 8.13. The molecule has 2 spiro atoms. The summed E-state index contributed by atoms with van der Waals surface area (Å²) in [6.07, 6.45) is 6.50. The standard InChI is InChI=1S/C28H36N2O4S/c1-19(31)20-8-9-24-23(17-20)28(14-12-27(10-11-27)13-15-28)18-30(24)25(32)21-6-5-7-22(16-21)35(33,34)29-26(2,3)4/h5-9,16-17,19,29,31H,10-15,18H2,1-4H3. The number of nitrogens with one attached hydrogen (secondary N) is 1. The predicted octanol–water partition coefficient (Wildman–Crippen LogP) is 5.07. The Hall–Kier alpha value is -2.22. The Morgan fingerprint density at radius 3 is 2.29 bits per heavy atom. The lowest BCUT2D eigenvalue weighted by molar-refractivity contribution is 0.0980. The maximum absolute atomic E-state index is 13.8. The van der Waals surface area contributed by atoms with Crippen molar-refractivity contribution < 1.29 is 18.3 Å². The molecule has 2 aromatic rings. The molecule has 1 heterocycles. The first-order chi connectivity index (χ1) is 16.3. The largest absolute Gasteiger partial charge is 0.389 e. The molecular formula is C28H36N2O4S. The number of carbonyl (C=O) groups excluding carboxylic acids is 1. The average molecular weight is 497 g/mol. The minimum atomic E-state index is -3.75. The highest BCUT2D eigenvalue weighted by Gasteiger charge is 2.53. The number of amides is 1. The topological polar surface area (TPSA) is 86.7 Å². The molecule has 3 aliphatic rings. The molecule has 2 aromatic carbocycles. The second kappa shape index (κ2) is 8.15. The first-order valence-corrected chi connectivity index (χ1v) is 14.1. The van der Waals surface area contributed by atoms with Gasteiger partial charge in [0.25, 0.3) is 5.91 Å². The summed E-state index contributed by atoms with van der Waals surface area (Å²) in [4.78, 5) is 15.7. The van der Waals surface area contributed by atoms with Gasteiger partial charge in [0, 0.05) is 28.7 Å². The fourth-order valence-electron chi connectivity index (χ4n) is 5.91. The van der Waals surface area contributed by atoms with Crippen LogP contribution in [0.4, 0.5) is 5.69 Å². The van der Waals surface area contributed by atoms with Crippen LogP contribution in [0.25, 0.3) is 0 Å². The van der Waals surface area contributed by atoms with Gasteiger partial charge >= 0.3 is 0 Å². The van der Waals surface area contributed by atoms with Gasteiger partial charge in [0.15, 0.2) is 0 Å². The molecule has 0 aromatic heterocycles. The van der Waals surface area contributed by atoms with Crippen LogP contribution in [0.3, 0.4) is 0 Å². The number of fused-ring (bicyclic) bond motifs is 2. The van der Waals surface area contributed by atoms with Crippen molar-refractivity contribution in [2.45, 2.75) is 88.2 Å². The maximum Gasteiger partial charge on any atom is 0.258 e. The van der Waals surface area contributed by atoms with Crippen LogP contribution in [0.2, 0.25) is 0 Å². The van der Waals surface area contributed by atoms with E-state index in [4.69, 9.17) is 0 Å². The second-order valence-corrected chi connectivity index (χ2v) is 13.7. The number of nitrogens with zero attached hydrogens (tertiary/aromatic N) is 1. The van der Waals surface area contributed by atoms with Crippen LogP contribution in [0.1, 0.15) is 93.8 Å². The van der Waals surface area contributed by atoms with Crippen molar-refractivity contribution in [3.8, 4) is 0 Å². The summed E-state index contributed by atoms with van der Waals surface area (Å²) in [5.74, 6) is -0.188. The Kier molecular flexibility index (Phi) is 5.70. The molecule has 2 fully saturated rings. The van der Waals surface area contributed by atoms with E-state index in [0.717, 1.165) is 29.7 Å². The lowest BCUT2D eigenvalue weighted by Crippen LogP contribution is -2.41. The van der Waals surface area contributed by atoms with Gasteiger partial charge in [0.1, 0.15) is 0 Å². The third-order valence-corrected chi connectivity index (χ3v) is 9.88. The summed E-state index contributed by atoms with van der Waals surface area (Å²) in [6, 6.07) is 12.3. The quantitative estimate of drug-likeness (QED) is 0.619. The smallest absolute Gasteiger partial charge is 0.258 e. The van der Waals surface area contributed by atoms with Gasteiger partial charge in [0.05, 0.1) is 11.0 Å². The number of aliphatic hydroxyl groups excluding tert-OH is 1. The molecule has 7 heteroatoms. The van der Waals surface area contributed by atoms with Crippen LogP contribution >= 0.6 is 0 Å². The number of hydrogen-bond acceptors (Lipinski definition) is 4. The molecule has 188 valence electrons. The normalized spacial score (nSPS) is 21.2. The monoisotopic (exact) mass is 496 g/mol. The van der Waals surface area contributed by atoms with Crippen molar-refractivity contribution in [1.82, 2.24) is 4.72 Å². The molecule has 2 aliphatic carbocycles. The van der Waals surface area contributed by atoms with Crippen LogP contribution in [-0.2, 0) is 15.4 Å². The zero-order valence-corrected chi connectivity index (χ0v) is 21.9. The fourth-order valence-corrected chi connectivity index (χ4v) is 7.37. The van der Waals surface area contributed by atoms with Gasteiger partial charge < -0.3 is 10.0 Å². The Morgan fingerprint density at radius 2 is 1.69 bits per heavy atom. The van der Waals surface area contributed by atoms with E-state index >= 15 is 0 Å². The van der Waals surface area contributed by atoms with Gasteiger partial charge in [-0.05, 0) is 107 Å². The number of benzene rings is 2. The molecule has 35 heavy (non-hydrogen) atoms. The summed E-state index contributed by atoms with van der Waals surface area (Å²) < 4.78 is 28.4. The number of aliphatic hydroxyl groups is 1. The van der Waals surface area contributed by atoms with E-state index < -0.39 is 21.7 Å². The molecular weight excluding hydrogens is 460 g/mol. The van der Waals surface area contributed by atoms with Crippen LogP contribution in [0.15, 0.2) is 47.4 Å². The van der Waals surface area contributed by atoms with E-state index in [2.05, 4.69) is 10.8 Å². The first kappa shape index (κ1) is 24.5. The van der Waals surface area contributed by atoms with Gasteiger partial charge in [-0.15, -0.1) is 0 Å². The lowest BCUT2D eigenvalue weighted by atomic mass is 9.66. The van der Waals surface area contributed by atoms with E-state index in [-0.39, 0.29) is 16.2 Å².